The van der Waals surface area contributed by atoms with Crippen molar-refractivity contribution in [3.05, 3.63) is 40.3 Å². The van der Waals surface area contributed by atoms with Gasteiger partial charge in [0.1, 0.15) is 17.6 Å². The molecular weight excluding hydrogens is 410 g/mol. The summed E-state index contributed by atoms with van der Waals surface area (Å²) in [6.45, 7) is 8.94. The molecule has 2 heterocycles. The summed E-state index contributed by atoms with van der Waals surface area (Å²) in [5.41, 5.74) is 1.20. The molecule has 0 aliphatic carbocycles. The summed E-state index contributed by atoms with van der Waals surface area (Å²) in [7, 11) is 3.46. The molecule has 2 N–H and O–H groups in total. The molecule has 1 aromatic heterocycles. The highest BCUT2D eigenvalue weighted by Gasteiger charge is 2.20. The fourth-order valence-electron chi connectivity index (χ4n) is 3.71. The zero-order chi connectivity index (χ0) is 22.1. The van der Waals surface area contributed by atoms with E-state index in [-0.39, 0.29) is 6.10 Å². The van der Waals surface area contributed by atoms with Gasteiger partial charge in [-0.2, -0.15) is 0 Å². The third-order valence-corrected chi connectivity index (χ3v) is 6.30. The van der Waals surface area contributed by atoms with Gasteiger partial charge in [0.05, 0.1) is 24.4 Å². The fourth-order valence-corrected chi connectivity index (χ4v) is 4.31. The van der Waals surface area contributed by atoms with Crippen LogP contribution in [0.1, 0.15) is 30.5 Å². The first-order valence-electron chi connectivity index (χ1n) is 10.9. The molecule has 0 amide bonds. The van der Waals surface area contributed by atoms with Crippen LogP contribution >= 0.6 is 11.3 Å². The number of methoxy groups -OCH3 is 1. The largest absolute Gasteiger partial charge is 0.497 e. The Morgan fingerprint density at radius 1 is 1.29 bits per heavy atom. The van der Waals surface area contributed by atoms with Gasteiger partial charge in [0, 0.05) is 31.6 Å². The molecule has 0 spiro atoms. The molecule has 0 saturated carbocycles. The molecule has 1 aliphatic rings. The van der Waals surface area contributed by atoms with Gasteiger partial charge in [-0.15, -0.1) is 11.3 Å². The number of benzene rings is 1. The van der Waals surface area contributed by atoms with Crippen LogP contribution in [-0.4, -0.2) is 62.3 Å². The number of aromatic nitrogens is 1. The van der Waals surface area contributed by atoms with Crippen molar-refractivity contribution in [3.8, 4) is 11.5 Å². The van der Waals surface area contributed by atoms with Crippen LogP contribution in [-0.2, 0) is 6.54 Å². The Labute approximate surface area is 189 Å². The smallest absolute Gasteiger partial charge is 0.191 e. The Balaban J connectivity index is 1.34. The van der Waals surface area contributed by atoms with Crippen LogP contribution in [0.5, 0.6) is 11.5 Å². The number of likely N-dealkylation sites (tertiary alicyclic amines) is 1. The average molecular weight is 446 g/mol. The molecule has 7 nitrogen and oxygen atoms in total. The summed E-state index contributed by atoms with van der Waals surface area (Å²) >= 11 is 1.73. The van der Waals surface area contributed by atoms with E-state index in [1.54, 1.807) is 25.5 Å². The van der Waals surface area contributed by atoms with Gasteiger partial charge in [0.15, 0.2) is 5.96 Å². The van der Waals surface area contributed by atoms with E-state index in [0.717, 1.165) is 48.6 Å². The van der Waals surface area contributed by atoms with E-state index in [4.69, 9.17) is 9.47 Å². The Bertz CT molecular complexity index is 833. The normalized spacial score (nSPS) is 16.7. The van der Waals surface area contributed by atoms with Crippen molar-refractivity contribution < 1.29 is 9.47 Å². The Kier molecular flexibility index (Phi) is 8.97. The first kappa shape index (κ1) is 23.3. The molecule has 1 aromatic carbocycles. The summed E-state index contributed by atoms with van der Waals surface area (Å²) in [6.07, 6.45) is 2.40. The van der Waals surface area contributed by atoms with Crippen molar-refractivity contribution >= 4 is 17.3 Å². The molecule has 1 unspecified atom stereocenters. The summed E-state index contributed by atoms with van der Waals surface area (Å²) < 4.78 is 11.2. The summed E-state index contributed by atoms with van der Waals surface area (Å²) in [5, 5.41) is 10.2. The predicted molar refractivity (Wildman–Crippen MR) is 127 cm³/mol. The van der Waals surface area contributed by atoms with Gasteiger partial charge >= 0.3 is 0 Å². The van der Waals surface area contributed by atoms with Crippen molar-refractivity contribution in [1.29, 1.82) is 0 Å². The molecule has 0 bridgehead atoms. The minimum absolute atomic E-state index is 0.00301. The molecule has 3 rings (SSSR count). The van der Waals surface area contributed by atoms with Crippen molar-refractivity contribution in [1.82, 2.24) is 20.5 Å². The zero-order valence-electron chi connectivity index (χ0n) is 19.1. The second-order valence-electron chi connectivity index (χ2n) is 8.02. The number of hydrogen-bond donors (Lipinski definition) is 2. The molecular formula is C23H35N5O2S. The van der Waals surface area contributed by atoms with Crippen LogP contribution < -0.4 is 20.1 Å². The fraction of sp³-hybridized carbons (Fsp3) is 0.565. The van der Waals surface area contributed by atoms with Gasteiger partial charge in [-0.1, -0.05) is 6.07 Å². The number of hydrogen-bond acceptors (Lipinski definition) is 6. The Hall–Kier alpha value is -2.32. The number of aliphatic imine (C=N–C) groups is 1. The van der Waals surface area contributed by atoms with Crippen LogP contribution in [0.15, 0.2) is 34.6 Å². The van der Waals surface area contributed by atoms with Gasteiger partial charge in [0.2, 0.25) is 0 Å². The highest BCUT2D eigenvalue weighted by molar-refractivity contribution is 7.09. The van der Waals surface area contributed by atoms with Gasteiger partial charge in [-0.3, -0.25) is 9.89 Å². The molecule has 0 radical (unpaired) electrons. The van der Waals surface area contributed by atoms with Gasteiger partial charge in [-0.25, -0.2) is 4.98 Å². The van der Waals surface area contributed by atoms with E-state index in [2.05, 4.69) is 37.8 Å². The highest BCUT2D eigenvalue weighted by atomic mass is 32.1. The maximum Gasteiger partial charge on any atom is 0.191 e. The molecule has 8 heteroatoms. The van der Waals surface area contributed by atoms with Gasteiger partial charge in [-0.05, 0) is 57.8 Å². The van der Waals surface area contributed by atoms with Crippen LogP contribution in [0.3, 0.4) is 0 Å². The van der Waals surface area contributed by atoms with Crippen LogP contribution in [0.2, 0.25) is 0 Å². The molecule has 1 aliphatic heterocycles. The Morgan fingerprint density at radius 2 is 2.06 bits per heavy atom. The number of rotatable bonds is 9. The predicted octanol–water partition coefficient (Wildman–Crippen LogP) is 3.30. The monoisotopic (exact) mass is 445 g/mol. The molecule has 1 saturated heterocycles. The summed E-state index contributed by atoms with van der Waals surface area (Å²) in [4.78, 5) is 11.5. The second-order valence-corrected chi connectivity index (χ2v) is 9.08. The van der Waals surface area contributed by atoms with Gasteiger partial charge < -0.3 is 20.1 Å². The van der Waals surface area contributed by atoms with E-state index in [1.807, 2.05) is 31.2 Å². The lowest BCUT2D eigenvalue weighted by atomic mass is 9.97. The van der Waals surface area contributed by atoms with Crippen molar-refractivity contribution in [2.45, 2.75) is 39.3 Å². The maximum atomic E-state index is 5.97. The number of piperidine rings is 1. The number of guanidine groups is 1. The minimum Gasteiger partial charge on any atom is -0.497 e. The van der Waals surface area contributed by atoms with Crippen molar-refractivity contribution in [3.63, 3.8) is 0 Å². The third-order valence-electron chi connectivity index (χ3n) is 5.48. The van der Waals surface area contributed by atoms with E-state index < -0.39 is 0 Å². The van der Waals surface area contributed by atoms with Crippen LogP contribution in [0.4, 0.5) is 0 Å². The molecule has 2 aromatic rings. The van der Waals surface area contributed by atoms with Crippen molar-refractivity contribution in [2.24, 2.45) is 10.9 Å². The van der Waals surface area contributed by atoms with E-state index in [1.165, 1.54) is 18.5 Å². The zero-order valence-corrected chi connectivity index (χ0v) is 19.9. The van der Waals surface area contributed by atoms with E-state index in [0.29, 0.717) is 12.5 Å². The summed E-state index contributed by atoms with van der Waals surface area (Å²) in [5.74, 6) is 3.08. The topological polar surface area (TPSA) is 71.0 Å². The molecule has 1 fully saturated rings. The lowest BCUT2D eigenvalue weighted by Crippen LogP contribution is -2.45. The number of thiazole rings is 1. The van der Waals surface area contributed by atoms with Crippen molar-refractivity contribution in [2.75, 3.05) is 40.3 Å². The van der Waals surface area contributed by atoms with Crippen LogP contribution in [0.25, 0.3) is 0 Å². The lowest BCUT2D eigenvalue weighted by molar-refractivity contribution is 0.176. The summed E-state index contributed by atoms with van der Waals surface area (Å²) in [6, 6.07) is 7.67. The number of ether oxygens (including phenoxy) is 2. The van der Waals surface area contributed by atoms with Crippen LogP contribution in [0, 0.1) is 12.8 Å². The Morgan fingerprint density at radius 3 is 2.74 bits per heavy atom. The molecule has 170 valence electrons. The SMILES string of the molecule is CN=C(NCC1CCN(Cc2csc(C)n2)CC1)NCC(C)Oc1cccc(OC)c1. The van der Waals surface area contributed by atoms with Gasteiger partial charge in [0.25, 0.3) is 0 Å². The first-order chi connectivity index (χ1) is 15.1. The first-order valence-corrected chi connectivity index (χ1v) is 11.8. The highest BCUT2D eigenvalue weighted by Crippen LogP contribution is 2.20. The van der Waals surface area contributed by atoms with E-state index >= 15 is 0 Å². The second kappa shape index (κ2) is 11.9. The number of nitrogens with one attached hydrogen (secondary N) is 2. The molecule has 1 atom stereocenters. The minimum atomic E-state index is 0.00301. The third kappa shape index (κ3) is 7.70. The number of nitrogens with zero attached hydrogens (tertiary/aromatic N) is 3. The lowest BCUT2D eigenvalue weighted by Gasteiger charge is -2.31. The quantitative estimate of drug-likeness (QED) is 0.456. The standard InChI is InChI=1S/C23H35N5O2S/c1-17(30-22-7-5-6-21(12-22)29-4)13-25-23(24-3)26-14-19-8-10-28(11-9-19)15-20-16-31-18(2)27-20/h5-7,12,16-17,19H,8-11,13-15H2,1-4H3,(H2,24,25,26). The maximum absolute atomic E-state index is 5.97. The average Bonchev–Trinajstić information content (AvgIpc) is 3.19. The number of aryl methyl sites for hydroxylation is 1. The molecule has 31 heavy (non-hydrogen) atoms. The van der Waals surface area contributed by atoms with E-state index in [9.17, 15) is 0 Å².